The van der Waals surface area contributed by atoms with E-state index in [1.807, 2.05) is 6.92 Å². The lowest BCUT2D eigenvalue weighted by Crippen LogP contribution is -2.05. The van der Waals surface area contributed by atoms with Gasteiger partial charge in [-0.25, -0.2) is 0 Å². The molecule has 0 saturated carbocycles. The molecule has 0 spiro atoms. The Morgan fingerprint density at radius 3 is 2.53 bits per heavy atom. The first-order valence-electron chi connectivity index (χ1n) is 6.01. The molecule has 3 heteroatoms. The Balaban J connectivity index is 3.39. The van der Waals surface area contributed by atoms with Gasteiger partial charge in [-0.15, -0.1) is 0 Å². The molecular weight excluding hydrogens is 192 g/mol. The predicted octanol–water partition coefficient (Wildman–Crippen LogP) is 2.52. The van der Waals surface area contributed by atoms with Crippen molar-refractivity contribution < 1.29 is 14.6 Å². The van der Waals surface area contributed by atoms with Crippen molar-refractivity contribution in [2.75, 3.05) is 13.2 Å². The van der Waals surface area contributed by atoms with Crippen LogP contribution in [-0.2, 0) is 9.53 Å². The molecule has 0 aliphatic rings. The first kappa shape index (κ1) is 14.4. The summed E-state index contributed by atoms with van der Waals surface area (Å²) in [4.78, 5) is 11.0. The topological polar surface area (TPSA) is 46.5 Å². The summed E-state index contributed by atoms with van der Waals surface area (Å²) < 4.78 is 4.84. The quantitative estimate of drug-likeness (QED) is 0.476. The molecule has 0 bridgehead atoms. The summed E-state index contributed by atoms with van der Waals surface area (Å²) in [6.07, 6.45) is 5.59. The van der Waals surface area contributed by atoms with Crippen molar-refractivity contribution in [1.29, 1.82) is 0 Å². The molecule has 0 saturated heterocycles. The molecule has 0 aromatic carbocycles. The highest BCUT2D eigenvalue weighted by Crippen LogP contribution is 2.16. The maximum absolute atomic E-state index is 11.0. The normalized spacial score (nSPS) is 12.5. The van der Waals surface area contributed by atoms with Crippen LogP contribution in [-0.4, -0.2) is 24.3 Å². The Labute approximate surface area is 92.8 Å². The van der Waals surface area contributed by atoms with Gasteiger partial charge in [0.1, 0.15) is 0 Å². The number of aliphatic hydroxyl groups excluding tert-OH is 1. The van der Waals surface area contributed by atoms with Crippen molar-refractivity contribution in [3.63, 3.8) is 0 Å². The second-order valence-electron chi connectivity index (χ2n) is 3.84. The van der Waals surface area contributed by atoms with Gasteiger partial charge in [-0.05, 0) is 25.7 Å². The first-order valence-corrected chi connectivity index (χ1v) is 6.01. The molecule has 0 fully saturated rings. The van der Waals surface area contributed by atoms with Crippen LogP contribution in [0.1, 0.15) is 52.4 Å². The Kier molecular flexibility index (Phi) is 9.59. The zero-order valence-electron chi connectivity index (χ0n) is 10.00. The molecule has 1 N–H and O–H groups in total. The van der Waals surface area contributed by atoms with E-state index in [2.05, 4.69) is 6.92 Å². The van der Waals surface area contributed by atoms with E-state index in [4.69, 9.17) is 9.84 Å². The number of aliphatic hydroxyl groups is 1. The van der Waals surface area contributed by atoms with Crippen molar-refractivity contribution in [2.45, 2.75) is 52.4 Å². The van der Waals surface area contributed by atoms with Gasteiger partial charge in [-0.2, -0.15) is 0 Å². The molecule has 15 heavy (non-hydrogen) atoms. The van der Waals surface area contributed by atoms with Crippen LogP contribution < -0.4 is 0 Å². The van der Waals surface area contributed by atoms with Gasteiger partial charge in [0.05, 0.1) is 6.61 Å². The first-order chi connectivity index (χ1) is 7.24. The van der Waals surface area contributed by atoms with Crippen LogP contribution in [0.25, 0.3) is 0 Å². The molecule has 0 unspecified atom stereocenters. The minimum Gasteiger partial charge on any atom is -0.466 e. The van der Waals surface area contributed by atoms with E-state index in [0.29, 0.717) is 18.9 Å². The molecule has 0 aliphatic carbocycles. The Bertz CT molecular complexity index is 157. The van der Waals surface area contributed by atoms with E-state index in [-0.39, 0.29) is 12.6 Å². The molecule has 3 nitrogen and oxygen atoms in total. The van der Waals surface area contributed by atoms with Gasteiger partial charge in [0, 0.05) is 13.0 Å². The smallest absolute Gasteiger partial charge is 0.305 e. The fourth-order valence-corrected chi connectivity index (χ4v) is 1.67. The molecule has 1 atom stereocenters. The molecular formula is C12H24O3. The Morgan fingerprint density at radius 1 is 1.27 bits per heavy atom. The van der Waals surface area contributed by atoms with Crippen LogP contribution in [0.2, 0.25) is 0 Å². The number of hydrogen-bond donors (Lipinski definition) is 1. The van der Waals surface area contributed by atoms with E-state index in [1.54, 1.807) is 0 Å². The molecule has 0 aromatic rings. The molecule has 0 heterocycles. The molecule has 0 aliphatic heterocycles. The molecule has 0 rings (SSSR count). The number of esters is 1. The number of hydrogen-bond acceptors (Lipinski definition) is 3. The largest absolute Gasteiger partial charge is 0.466 e. The van der Waals surface area contributed by atoms with Crippen molar-refractivity contribution in [1.82, 2.24) is 0 Å². The van der Waals surface area contributed by atoms with Crippen molar-refractivity contribution in [3.8, 4) is 0 Å². The van der Waals surface area contributed by atoms with Gasteiger partial charge in [0.2, 0.25) is 0 Å². The third-order valence-electron chi connectivity index (χ3n) is 2.66. The summed E-state index contributed by atoms with van der Waals surface area (Å²) in [6, 6.07) is 0. The van der Waals surface area contributed by atoms with Gasteiger partial charge < -0.3 is 9.84 Å². The summed E-state index contributed by atoms with van der Waals surface area (Å²) in [5, 5.41) is 8.81. The lowest BCUT2D eigenvalue weighted by molar-refractivity contribution is -0.143. The van der Waals surface area contributed by atoms with Crippen LogP contribution in [0, 0.1) is 5.92 Å². The average molecular weight is 216 g/mol. The second kappa shape index (κ2) is 9.97. The van der Waals surface area contributed by atoms with Gasteiger partial charge in [0.25, 0.3) is 0 Å². The van der Waals surface area contributed by atoms with E-state index in [9.17, 15) is 4.79 Å². The fourth-order valence-electron chi connectivity index (χ4n) is 1.67. The summed E-state index contributed by atoms with van der Waals surface area (Å²) >= 11 is 0. The summed E-state index contributed by atoms with van der Waals surface area (Å²) in [6.45, 7) is 4.72. The van der Waals surface area contributed by atoms with Crippen LogP contribution in [0.4, 0.5) is 0 Å². The van der Waals surface area contributed by atoms with Gasteiger partial charge in [-0.3, -0.25) is 4.79 Å². The van der Waals surface area contributed by atoms with Crippen LogP contribution in [0.5, 0.6) is 0 Å². The zero-order chi connectivity index (χ0) is 11.5. The number of ether oxygens (including phenoxy) is 1. The van der Waals surface area contributed by atoms with Crippen molar-refractivity contribution in [2.24, 2.45) is 5.92 Å². The summed E-state index contributed by atoms with van der Waals surface area (Å²) in [7, 11) is 0. The third-order valence-corrected chi connectivity index (χ3v) is 2.66. The third kappa shape index (κ3) is 8.43. The van der Waals surface area contributed by atoms with E-state index in [0.717, 1.165) is 32.1 Å². The molecule has 0 amide bonds. The van der Waals surface area contributed by atoms with E-state index in [1.165, 1.54) is 0 Å². The lowest BCUT2D eigenvalue weighted by atomic mass is 9.96. The highest BCUT2D eigenvalue weighted by molar-refractivity contribution is 5.69. The van der Waals surface area contributed by atoms with Crippen LogP contribution in [0.15, 0.2) is 0 Å². The number of carbonyl (C=O) groups is 1. The van der Waals surface area contributed by atoms with Gasteiger partial charge in [-0.1, -0.05) is 26.2 Å². The summed E-state index contributed by atoms with van der Waals surface area (Å²) in [5.74, 6) is 0.518. The maximum atomic E-state index is 11.0. The maximum Gasteiger partial charge on any atom is 0.305 e. The van der Waals surface area contributed by atoms with Crippen LogP contribution >= 0.6 is 0 Å². The van der Waals surface area contributed by atoms with Gasteiger partial charge >= 0.3 is 5.97 Å². The number of unbranched alkanes of at least 4 members (excludes halogenated alkanes) is 1. The SMILES string of the molecule is CCOC(=O)CCCC[C@@H](CC)CCO. The Hall–Kier alpha value is -0.570. The highest BCUT2D eigenvalue weighted by atomic mass is 16.5. The monoisotopic (exact) mass is 216 g/mol. The van der Waals surface area contributed by atoms with Crippen molar-refractivity contribution >= 4 is 5.97 Å². The molecule has 0 radical (unpaired) electrons. The fraction of sp³-hybridized carbons (Fsp3) is 0.917. The average Bonchev–Trinajstić information content (AvgIpc) is 2.23. The number of carbonyl (C=O) groups excluding carboxylic acids is 1. The molecule has 90 valence electrons. The standard InChI is InChI=1S/C12H24O3/c1-3-11(9-10-13)7-5-6-8-12(14)15-4-2/h11,13H,3-10H2,1-2H3/t11-/m1/s1. The zero-order valence-corrected chi connectivity index (χ0v) is 10.00. The van der Waals surface area contributed by atoms with Crippen LogP contribution in [0.3, 0.4) is 0 Å². The van der Waals surface area contributed by atoms with E-state index >= 15 is 0 Å². The lowest BCUT2D eigenvalue weighted by Gasteiger charge is -2.12. The van der Waals surface area contributed by atoms with Crippen molar-refractivity contribution in [3.05, 3.63) is 0 Å². The minimum absolute atomic E-state index is 0.0901. The summed E-state index contributed by atoms with van der Waals surface area (Å²) in [5.41, 5.74) is 0. The minimum atomic E-state index is -0.0901. The predicted molar refractivity (Wildman–Crippen MR) is 60.6 cm³/mol. The Morgan fingerprint density at radius 2 is 2.00 bits per heavy atom. The second-order valence-corrected chi connectivity index (χ2v) is 3.84. The van der Waals surface area contributed by atoms with Gasteiger partial charge in [0.15, 0.2) is 0 Å². The number of rotatable bonds is 9. The van der Waals surface area contributed by atoms with E-state index < -0.39 is 0 Å². The highest BCUT2D eigenvalue weighted by Gasteiger charge is 2.06. The molecule has 0 aromatic heterocycles.